The number of nitrogens with two attached hydrogens (primary N) is 1. The molecule has 96 valence electrons. The maximum absolute atomic E-state index is 5.50. The third-order valence-electron chi connectivity index (χ3n) is 3.51. The highest BCUT2D eigenvalue weighted by molar-refractivity contribution is 5.51. The summed E-state index contributed by atoms with van der Waals surface area (Å²) in [5.74, 6) is 2.54. The zero-order chi connectivity index (χ0) is 12.4. The molecule has 0 saturated heterocycles. The standard InChI is InChI=1S/C13H17N3O2/c14-7-11-6-10(8-17-11)13-15-12(16-18-13)9-4-2-1-3-5-9/h6,8-9H,1-5,7,14H2. The second-order valence-electron chi connectivity index (χ2n) is 4.80. The summed E-state index contributed by atoms with van der Waals surface area (Å²) < 4.78 is 10.6. The smallest absolute Gasteiger partial charge is 0.261 e. The van der Waals surface area contributed by atoms with E-state index in [1.54, 1.807) is 6.26 Å². The number of nitrogens with zero attached hydrogens (tertiary/aromatic N) is 2. The molecule has 0 amide bonds. The second-order valence-corrected chi connectivity index (χ2v) is 4.80. The van der Waals surface area contributed by atoms with Crippen LogP contribution in [0.1, 0.15) is 49.6 Å². The predicted molar refractivity (Wildman–Crippen MR) is 65.7 cm³/mol. The summed E-state index contributed by atoms with van der Waals surface area (Å²) in [7, 11) is 0. The molecule has 1 fully saturated rings. The molecule has 0 aliphatic heterocycles. The van der Waals surface area contributed by atoms with E-state index in [4.69, 9.17) is 14.7 Å². The van der Waals surface area contributed by atoms with Crippen LogP contribution in [0.5, 0.6) is 0 Å². The van der Waals surface area contributed by atoms with Crippen LogP contribution < -0.4 is 5.73 Å². The molecule has 2 heterocycles. The van der Waals surface area contributed by atoms with Crippen molar-refractivity contribution in [3.63, 3.8) is 0 Å². The van der Waals surface area contributed by atoms with Crippen molar-refractivity contribution < 1.29 is 8.94 Å². The third-order valence-corrected chi connectivity index (χ3v) is 3.51. The van der Waals surface area contributed by atoms with Crippen molar-refractivity contribution in [1.82, 2.24) is 10.1 Å². The van der Waals surface area contributed by atoms with Gasteiger partial charge < -0.3 is 14.7 Å². The van der Waals surface area contributed by atoms with Gasteiger partial charge in [0, 0.05) is 5.92 Å². The summed E-state index contributed by atoms with van der Waals surface area (Å²) in [4.78, 5) is 4.47. The summed E-state index contributed by atoms with van der Waals surface area (Å²) in [6, 6.07) is 1.85. The van der Waals surface area contributed by atoms with Crippen molar-refractivity contribution in [3.8, 4) is 11.5 Å². The van der Waals surface area contributed by atoms with Crippen LogP contribution in [-0.2, 0) is 6.54 Å². The van der Waals surface area contributed by atoms with Gasteiger partial charge in [-0.05, 0) is 18.9 Å². The van der Waals surface area contributed by atoms with E-state index >= 15 is 0 Å². The average molecular weight is 247 g/mol. The molecule has 2 N–H and O–H groups in total. The fraction of sp³-hybridized carbons (Fsp3) is 0.538. The first-order chi connectivity index (χ1) is 8.86. The van der Waals surface area contributed by atoms with Gasteiger partial charge in [-0.15, -0.1) is 0 Å². The zero-order valence-electron chi connectivity index (χ0n) is 10.3. The molecule has 5 nitrogen and oxygen atoms in total. The van der Waals surface area contributed by atoms with Crippen LogP contribution in [0.3, 0.4) is 0 Å². The Morgan fingerprint density at radius 3 is 2.83 bits per heavy atom. The minimum Gasteiger partial charge on any atom is -0.467 e. The van der Waals surface area contributed by atoms with Gasteiger partial charge in [0.15, 0.2) is 5.82 Å². The van der Waals surface area contributed by atoms with E-state index in [2.05, 4.69) is 10.1 Å². The molecule has 18 heavy (non-hydrogen) atoms. The first kappa shape index (κ1) is 11.5. The molecule has 1 saturated carbocycles. The largest absolute Gasteiger partial charge is 0.467 e. The Balaban J connectivity index is 1.79. The lowest BCUT2D eigenvalue weighted by Gasteiger charge is -2.17. The summed E-state index contributed by atoms with van der Waals surface area (Å²) in [6.45, 7) is 0.379. The first-order valence-corrected chi connectivity index (χ1v) is 6.48. The molecule has 2 aromatic heterocycles. The normalized spacial score (nSPS) is 17.2. The Labute approximate surface area is 105 Å². The maximum Gasteiger partial charge on any atom is 0.261 e. The van der Waals surface area contributed by atoms with Crippen LogP contribution in [0.25, 0.3) is 11.5 Å². The lowest BCUT2D eigenvalue weighted by molar-refractivity contribution is 0.385. The molecule has 1 aliphatic carbocycles. The van der Waals surface area contributed by atoms with E-state index in [-0.39, 0.29) is 0 Å². The van der Waals surface area contributed by atoms with Gasteiger partial charge in [-0.3, -0.25) is 0 Å². The van der Waals surface area contributed by atoms with E-state index in [0.717, 1.165) is 17.1 Å². The highest BCUT2D eigenvalue weighted by atomic mass is 16.5. The number of aromatic nitrogens is 2. The van der Waals surface area contributed by atoms with E-state index in [0.29, 0.717) is 18.4 Å². The molecular weight excluding hydrogens is 230 g/mol. The van der Waals surface area contributed by atoms with Gasteiger partial charge in [-0.1, -0.05) is 24.4 Å². The summed E-state index contributed by atoms with van der Waals surface area (Å²) >= 11 is 0. The van der Waals surface area contributed by atoms with Crippen LogP contribution in [0.2, 0.25) is 0 Å². The SMILES string of the molecule is NCc1cc(-c2nc(C3CCCCC3)no2)co1. The minimum atomic E-state index is 0.379. The molecule has 0 radical (unpaired) electrons. The van der Waals surface area contributed by atoms with Crippen LogP contribution >= 0.6 is 0 Å². The van der Waals surface area contributed by atoms with E-state index in [9.17, 15) is 0 Å². The predicted octanol–water partition coefficient (Wildman–Crippen LogP) is 2.84. The van der Waals surface area contributed by atoms with Gasteiger partial charge in [-0.25, -0.2) is 0 Å². The highest BCUT2D eigenvalue weighted by Gasteiger charge is 2.21. The third kappa shape index (κ3) is 2.18. The quantitative estimate of drug-likeness (QED) is 0.902. The lowest BCUT2D eigenvalue weighted by Crippen LogP contribution is -2.05. The molecule has 0 atom stereocenters. The Bertz CT molecular complexity index is 512. The van der Waals surface area contributed by atoms with Crippen LogP contribution in [0.4, 0.5) is 0 Å². The number of hydrogen-bond donors (Lipinski definition) is 1. The molecule has 0 aromatic carbocycles. The molecule has 1 aliphatic rings. The average Bonchev–Trinajstić information content (AvgIpc) is 3.08. The molecule has 2 aromatic rings. The van der Waals surface area contributed by atoms with E-state index in [1.165, 1.54) is 32.1 Å². The molecule has 5 heteroatoms. The summed E-state index contributed by atoms with van der Waals surface area (Å²) in [5.41, 5.74) is 6.31. The number of furan rings is 1. The first-order valence-electron chi connectivity index (χ1n) is 6.48. The monoisotopic (exact) mass is 247 g/mol. The lowest BCUT2D eigenvalue weighted by atomic mass is 9.89. The Morgan fingerprint density at radius 1 is 1.28 bits per heavy atom. The van der Waals surface area contributed by atoms with E-state index in [1.807, 2.05) is 6.07 Å². The molecule has 3 rings (SSSR count). The Hall–Kier alpha value is -1.62. The van der Waals surface area contributed by atoms with Crippen molar-refractivity contribution >= 4 is 0 Å². The minimum absolute atomic E-state index is 0.379. The number of hydrogen-bond acceptors (Lipinski definition) is 5. The summed E-state index contributed by atoms with van der Waals surface area (Å²) in [5, 5.41) is 4.09. The fourth-order valence-corrected chi connectivity index (χ4v) is 2.48. The number of rotatable bonds is 3. The van der Waals surface area contributed by atoms with Crippen molar-refractivity contribution in [2.45, 2.75) is 44.6 Å². The molecular formula is C13H17N3O2. The van der Waals surface area contributed by atoms with Gasteiger partial charge in [0.1, 0.15) is 12.0 Å². The van der Waals surface area contributed by atoms with Crippen LogP contribution in [0.15, 0.2) is 21.3 Å². The van der Waals surface area contributed by atoms with Gasteiger partial charge >= 0.3 is 0 Å². The van der Waals surface area contributed by atoms with Crippen molar-refractivity contribution in [2.24, 2.45) is 5.73 Å². The van der Waals surface area contributed by atoms with Crippen molar-refractivity contribution in [1.29, 1.82) is 0 Å². The molecule has 0 spiro atoms. The molecule has 0 unspecified atom stereocenters. The Kier molecular flexibility index (Phi) is 3.15. The van der Waals surface area contributed by atoms with Gasteiger partial charge in [-0.2, -0.15) is 4.98 Å². The van der Waals surface area contributed by atoms with E-state index < -0.39 is 0 Å². The van der Waals surface area contributed by atoms with Crippen LogP contribution in [-0.4, -0.2) is 10.1 Å². The van der Waals surface area contributed by atoms with Crippen molar-refractivity contribution in [3.05, 3.63) is 23.9 Å². The van der Waals surface area contributed by atoms with Gasteiger partial charge in [0.05, 0.1) is 12.1 Å². The van der Waals surface area contributed by atoms with Crippen LogP contribution in [0, 0.1) is 0 Å². The topological polar surface area (TPSA) is 78.1 Å². The second kappa shape index (κ2) is 4.94. The fourth-order valence-electron chi connectivity index (χ4n) is 2.48. The maximum atomic E-state index is 5.50. The molecule has 0 bridgehead atoms. The Morgan fingerprint density at radius 2 is 2.11 bits per heavy atom. The highest BCUT2D eigenvalue weighted by Crippen LogP contribution is 2.32. The van der Waals surface area contributed by atoms with Crippen molar-refractivity contribution in [2.75, 3.05) is 0 Å². The summed E-state index contributed by atoms with van der Waals surface area (Å²) in [6.07, 6.45) is 7.79. The zero-order valence-corrected chi connectivity index (χ0v) is 10.3. The van der Waals surface area contributed by atoms with Gasteiger partial charge in [0.2, 0.25) is 0 Å². The van der Waals surface area contributed by atoms with Gasteiger partial charge in [0.25, 0.3) is 5.89 Å².